The van der Waals surface area contributed by atoms with Crippen LogP contribution in [0.15, 0.2) is 22.6 Å². The minimum Gasteiger partial charge on any atom is -0.444 e. The van der Waals surface area contributed by atoms with Gasteiger partial charge < -0.3 is 9.73 Å². The average molecular weight is 259 g/mol. The molecule has 0 saturated carbocycles. The first-order chi connectivity index (χ1) is 9.10. The summed E-state index contributed by atoms with van der Waals surface area (Å²) >= 11 is 0. The second kappa shape index (κ2) is 5.63. The molecule has 1 N–H and O–H groups in total. The Kier molecular flexibility index (Phi) is 3.93. The summed E-state index contributed by atoms with van der Waals surface area (Å²) in [5.41, 5.74) is 1.69. The van der Waals surface area contributed by atoms with Crippen molar-refractivity contribution in [3.8, 4) is 6.07 Å². The molecule has 0 aliphatic heterocycles. The summed E-state index contributed by atoms with van der Waals surface area (Å²) in [6.45, 7) is 4.53. The standard InChI is InChI=1S/C14H14FN3O/c1-9-10(2)19-14(18-9)8-17-7-12-4-3-11(6-16)5-13(12)15/h3-5,17H,7-8H2,1-2H3. The molecule has 0 fully saturated rings. The molecule has 1 heterocycles. The molecule has 0 spiro atoms. The largest absolute Gasteiger partial charge is 0.444 e. The minimum absolute atomic E-state index is 0.320. The van der Waals surface area contributed by atoms with Crippen LogP contribution in [-0.2, 0) is 13.1 Å². The highest BCUT2D eigenvalue weighted by Gasteiger charge is 2.06. The first-order valence-corrected chi connectivity index (χ1v) is 5.92. The second-order valence-corrected chi connectivity index (χ2v) is 4.27. The lowest BCUT2D eigenvalue weighted by atomic mass is 10.1. The maximum absolute atomic E-state index is 13.6. The van der Waals surface area contributed by atoms with E-state index < -0.39 is 0 Å². The number of halogens is 1. The third-order valence-corrected chi connectivity index (χ3v) is 2.85. The van der Waals surface area contributed by atoms with Gasteiger partial charge in [0.05, 0.1) is 23.9 Å². The first kappa shape index (κ1) is 13.2. The zero-order chi connectivity index (χ0) is 13.8. The fourth-order valence-corrected chi connectivity index (χ4v) is 1.68. The topological polar surface area (TPSA) is 61.9 Å². The lowest BCUT2D eigenvalue weighted by molar-refractivity contribution is 0.446. The van der Waals surface area contributed by atoms with Crippen LogP contribution in [-0.4, -0.2) is 4.98 Å². The highest BCUT2D eigenvalue weighted by atomic mass is 19.1. The Morgan fingerprint density at radius 1 is 1.37 bits per heavy atom. The van der Waals surface area contributed by atoms with Crippen molar-refractivity contribution >= 4 is 0 Å². The zero-order valence-corrected chi connectivity index (χ0v) is 10.8. The van der Waals surface area contributed by atoms with Crippen molar-refractivity contribution in [2.75, 3.05) is 0 Å². The number of aromatic nitrogens is 1. The number of rotatable bonds is 4. The van der Waals surface area contributed by atoms with E-state index in [-0.39, 0.29) is 5.82 Å². The van der Waals surface area contributed by atoms with Gasteiger partial charge in [-0.25, -0.2) is 9.37 Å². The summed E-state index contributed by atoms with van der Waals surface area (Å²) in [4.78, 5) is 4.23. The second-order valence-electron chi connectivity index (χ2n) is 4.27. The summed E-state index contributed by atoms with van der Waals surface area (Å²) in [5, 5.41) is 11.7. The molecule has 0 bridgehead atoms. The van der Waals surface area contributed by atoms with Crippen LogP contribution in [0.25, 0.3) is 0 Å². The Morgan fingerprint density at radius 3 is 2.74 bits per heavy atom. The van der Waals surface area contributed by atoms with Crippen LogP contribution >= 0.6 is 0 Å². The molecular formula is C14H14FN3O. The predicted octanol–water partition coefficient (Wildman–Crippen LogP) is 2.59. The van der Waals surface area contributed by atoms with Gasteiger partial charge in [-0.05, 0) is 26.0 Å². The summed E-state index contributed by atoms with van der Waals surface area (Å²) < 4.78 is 19.0. The van der Waals surface area contributed by atoms with Crippen molar-refractivity contribution in [2.24, 2.45) is 0 Å². The normalized spacial score (nSPS) is 10.4. The Balaban J connectivity index is 1.94. The van der Waals surface area contributed by atoms with Gasteiger partial charge in [0.15, 0.2) is 0 Å². The van der Waals surface area contributed by atoms with Gasteiger partial charge in [-0.15, -0.1) is 0 Å². The molecule has 0 amide bonds. The molecule has 2 rings (SSSR count). The van der Waals surface area contributed by atoms with Crippen LogP contribution in [0.4, 0.5) is 4.39 Å². The third kappa shape index (κ3) is 3.18. The van der Waals surface area contributed by atoms with Crippen molar-refractivity contribution in [1.82, 2.24) is 10.3 Å². The SMILES string of the molecule is Cc1nc(CNCc2ccc(C#N)cc2F)oc1C. The Bertz CT molecular complexity index is 609. The summed E-state index contributed by atoms with van der Waals surface area (Å²) in [6.07, 6.45) is 0. The molecule has 0 aliphatic rings. The van der Waals surface area contributed by atoms with Gasteiger partial charge in [0, 0.05) is 12.1 Å². The van der Waals surface area contributed by atoms with Gasteiger partial charge in [0.2, 0.25) is 5.89 Å². The summed E-state index contributed by atoms with van der Waals surface area (Å²) in [7, 11) is 0. The molecule has 5 heteroatoms. The van der Waals surface area contributed by atoms with Crippen molar-refractivity contribution < 1.29 is 8.81 Å². The summed E-state index contributed by atoms with van der Waals surface area (Å²) in [5.74, 6) is 0.997. The van der Waals surface area contributed by atoms with Gasteiger partial charge in [-0.3, -0.25) is 0 Å². The lowest BCUT2D eigenvalue weighted by Gasteiger charge is -2.04. The number of aryl methyl sites for hydroxylation is 2. The molecular weight excluding hydrogens is 245 g/mol. The molecule has 0 saturated heterocycles. The highest BCUT2D eigenvalue weighted by molar-refractivity contribution is 5.32. The number of hydrogen-bond donors (Lipinski definition) is 1. The van der Waals surface area contributed by atoms with E-state index >= 15 is 0 Å². The van der Waals surface area contributed by atoms with Gasteiger partial charge in [0.25, 0.3) is 0 Å². The first-order valence-electron chi connectivity index (χ1n) is 5.92. The molecule has 0 radical (unpaired) electrons. The number of benzene rings is 1. The number of nitrogens with one attached hydrogen (secondary N) is 1. The number of nitriles is 1. The third-order valence-electron chi connectivity index (χ3n) is 2.85. The molecule has 0 aliphatic carbocycles. The Labute approximate surface area is 110 Å². The van der Waals surface area contributed by atoms with Crippen LogP contribution in [0.3, 0.4) is 0 Å². The zero-order valence-electron chi connectivity index (χ0n) is 10.8. The van der Waals surface area contributed by atoms with Crippen LogP contribution in [0.1, 0.15) is 28.5 Å². The summed E-state index contributed by atoms with van der Waals surface area (Å²) in [6, 6.07) is 6.33. The predicted molar refractivity (Wildman–Crippen MR) is 67.6 cm³/mol. The van der Waals surface area contributed by atoms with Crippen LogP contribution in [0.5, 0.6) is 0 Å². The molecule has 1 aromatic carbocycles. The van der Waals surface area contributed by atoms with E-state index in [4.69, 9.17) is 9.68 Å². The Morgan fingerprint density at radius 2 is 2.16 bits per heavy atom. The monoisotopic (exact) mass is 259 g/mol. The van der Waals surface area contributed by atoms with Crippen LogP contribution < -0.4 is 5.32 Å². The van der Waals surface area contributed by atoms with Gasteiger partial charge in [-0.2, -0.15) is 5.26 Å². The fraction of sp³-hybridized carbons (Fsp3) is 0.286. The van der Waals surface area contributed by atoms with Crippen LogP contribution in [0, 0.1) is 31.0 Å². The van der Waals surface area contributed by atoms with E-state index in [0.29, 0.717) is 30.1 Å². The lowest BCUT2D eigenvalue weighted by Crippen LogP contribution is -2.14. The van der Waals surface area contributed by atoms with Crippen molar-refractivity contribution in [3.05, 3.63) is 52.5 Å². The molecule has 2 aromatic rings. The van der Waals surface area contributed by atoms with Crippen molar-refractivity contribution in [1.29, 1.82) is 5.26 Å². The minimum atomic E-state index is -0.383. The molecule has 0 unspecified atom stereocenters. The average Bonchev–Trinajstić information content (AvgIpc) is 2.70. The number of nitrogens with zero attached hydrogens (tertiary/aromatic N) is 2. The van der Waals surface area contributed by atoms with E-state index in [1.807, 2.05) is 19.9 Å². The maximum atomic E-state index is 13.6. The molecule has 0 atom stereocenters. The van der Waals surface area contributed by atoms with E-state index in [2.05, 4.69) is 10.3 Å². The van der Waals surface area contributed by atoms with Crippen LogP contribution in [0.2, 0.25) is 0 Å². The highest BCUT2D eigenvalue weighted by Crippen LogP contribution is 2.11. The van der Waals surface area contributed by atoms with Crippen molar-refractivity contribution in [2.45, 2.75) is 26.9 Å². The van der Waals surface area contributed by atoms with Gasteiger partial charge >= 0.3 is 0 Å². The van der Waals surface area contributed by atoms with Gasteiger partial charge in [-0.1, -0.05) is 6.07 Å². The number of hydrogen-bond acceptors (Lipinski definition) is 4. The fourth-order valence-electron chi connectivity index (χ4n) is 1.68. The van der Waals surface area contributed by atoms with E-state index in [9.17, 15) is 4.39 Å². The Hall–Kier alpha value is -2.19. The number of oxazole rings is 1. The quantitative estimate of drug-likeness (QED) is 0.916. The van der Waals surface area contributed by atoms with E-state index in [0.717, 1.165) is 11.5 Å². The molecule has 19 heavy (non-hydrogen) atoms. The molecule has 98 valence electrons. The smallest absolute Gasteiger partial charge is 0.208 e. The molecule has 1 aromatic heterocycles. The van der Waals surface area contributed by atoms with E-state index in [1.165, 1.54) is 6.07 Å². The van der Waals surface area contributed by atoms with Crippen molar-refractivity contribution in [3.63, 3.8) is 0 Å². The molecule has 4 nitrogen and oxygen atoms in total. The van der Waals surface area contributed by atoms with Gasteiger partial charge in [0.1, 0.15) is 11.6 Å². The van der Waals surface area contributed by atoms with E-state index in [1.54, 1.807) is 12.1 Å². The maximum Gasteiger partial charge on any atom is 0.208 e.